The van der Waals surface area contributed by atoms with E-state index in [1.807, 2.05) is 50.2 Å². The minimum Gasteiger partial charge on any atom is -0.310 e. The Morgan fingerprint density at radius 1 is 1.20 bits per heavy atom. The smallest absolute Gasteiger partial charge is 0.233 e. The first kappa shape index (κ1) is 17.5. The van der Waals surface area contributed by atoms with Gasteiger partial charge in [-0.3, -0.25) is 9.59 Å². The van der Waals surface area contributed by atoms with Gasteiger partial charge in [0.05, 0.1) is 5.92 Å². The summed E-state index contributed by atoms with van der Waals surface area (Å²) < 4.78 is 0.968. The predicted molar refractivity (Wildman–Crippen MR) is 101 cm³/mol. The summed E-state index contributed by atoms with van der Waals surface area (Å²) in [6, 6.07) is 11.5. The van der Waals surface area contributed by atoms with Gasteiger partial charge in [0.1, 0.15) is 5.82 Å². The van der Waals surface area contributed by atoms with E-state index in [1.165, 1.54) is 0 Å². The Kier molecular flexibility index (Phi) is 5.13. The lowest BCUT2D eigenvalue weighted by molar-refractivity contribution is -0.121. The highest BCUT2D eigenvalue weighted by molar-refractivity contribution is 9.10. The number of halogens is 1. The van der Waals surface area contributed by atoms with E-state index in [-0.39, 0.29) is 23.5 Å². The summed E-state index contributed by atoms with van der Waals surface area (Å²) in [5.41, 5.74) is 2.80. The molecule has 0 aliphatic heterocycles. The molecule has 1 aromatic carbocycles. The second kappa shape index (κ2) is 7.31. The van der Waals surface area contributed by atoms with Crippen LogP contribution in [0, 0.1) is 12.8 Å². The molecule has 1 aliphatic rings. The number of hydrogen-bond acceptors (Lipinski definition) is 3. The van der Waals surface area contributed by atoms with Crippen LogP contribution in [0.5, 0.6) is 0 Å². The molecule has 2 aromatic rings. The lowest BCUT2D eigenvalue weighted by Crippen LogP contribution is -2.33. The summed E-state index contributed by atoms with van der Waals surface area (Å²) in [5.74, 6) is -0.101. The molecular weight excluding hydrogens is 380 g/mol. The van der Waals surface area contributed by atoms with Crippen molar-refractivity contribution in [1.82, 2.24) is 4.98 Å². The van der Waals surface area contributed by atoms with Gasteiger partial charge in [-0.1, -0.05) is 33.6 Å². The molecule has 3 rings (SSSR count). The number of benzene rings is 1. The normalized spacial score (nSPS) is 20.1. The molecule has 0 saturated heterocycles. The topological polar surface area (TPSA) is 59.1 Å². The molecule has 25 heavy (non-hydrogen) atoms. The van der Waals surface area contributed by atoms with E-state index < -0.39 is 0 Å². The molecule has 1 N–H and O–H groups in total. The Labute approximate surface area is 155 Å². The quantitative estimate of drug-likeness (QED) is 0.832. The van der Waals surface area contributed by atoms with Gasteiger partial charge in [-0.15, -0.1) is 0 Å². The van der Waals surface area contributed by atoms with E-state index in [2.05, 4.69) is 26.2 Å². The molecule has 2 atom stereocenters. The third kappa shape index (κ3) is 4.04. The number of rotatable bonds is 3. The lowest BCUT2D eigenvalue weighted by atomic mass is 9.74. The van der Waals surface area contributed by atoms with E-state index in [0.29, 0.717) is 12.2 Å². The molecule has 1 heterocycles. The lowest BCUT2D eigenvalue weighted by Gasteiger charge is -2.30. The molecule has 2 unspecified atom stereocenters. The van der Waals surface area contributed by atoms with Crippen LogP contribution in [0.4, 0.5) is 5.82 Å². The molecule has 128 valence electrons. The van der Waals surface area contributed by atoms with Crippen molar-refractivity contribution in [3.05, 3.63) is 69.8 Å². The molecule has 0 saturated carbocycles. The van der Waals surface area contributed by atoms with E-state index in [0.717, 1.165) is 21.2 Å². The average molecular weight is 399 g/mol. The number of aryl methyl sites for hydroxylation is 1. The molecule has 0 spiro atoms. The number of hydrogen-bond donors (Lipinski definition) is 1. The van der Waals surface area contributed by atoms with Crippen LogP contribution < -0.4 is 5.32 Å². The number of amides is 1. The van der Waals surface area contributed by atoms with Crippen LogP contribution in [-0.2, 0) is 9.59 Å². The Morgan fingerprint density at radius 2 is 1.92 bits per heavy atom. The monoisotopic (exact) mass is 398 g/mol. The number of ketones is 1. The Hall–Kier alpha value is -2.27. The SMILES string of the molecule is CC1=CC(=O)CC(c2ccc(Br)cc2)C1C(=O)Nc1cc(C)ccn1. The van der Waals surface area contributed by atoms with Crippen LogP contribution in [0.1, 0.15) is 30.4 Å². The van der Waals surface area contributed by atoms with E-state index in [1.54, 1.807) is 12.3 Å². The second-order valence-corrected chi connectivity index (χ2v) is 7.32. The third-order valence-corrected chi connectivity index (χ3v) is 4.98. The molecule has 0 bridgehead atoms. The molecule has 0 radical (unpaired) electrons. The number of carbonyl (C=O) groups excluding carboxylic acids is 2. The third-order valence-electron chi connectivity index (χ3n) is 4.45. The van der Waals surface area contributed by atoms with Crippen LogP contribution >= 0.6 is 15.9 Å². The van der Waals surface area contributed by atoms with Crippen LogP contribution in [0.2, 0.25) is 0 Å². The number of aromatic nitrogens is 1. The second-order valence-electron chi connectivity index (χ2n) is 6.40. The zero-order chi connectivity index (χ0) is 18.0. The summed E-state index contributed by atoms with van der Waals surface area (Å²) in [6.07, 6.45) is 3.59. The average Bonchev–Trinajstić information content (AvgIpc) is 2.54. The Morgan fingerprint density at radius 3 is 2.60 bits per heavy atom. The van der Waals surface area contributed by atoms with Gasteiger partial charge in [-0.05, 0) is 55.3 Å². The molecular formula is C20H19BrN2O2. The summed E-state index contributed by atoms with van der Waals surface area (Å²) in [7, 11) is 0. The van der Waals surface area contributed by atoms with Crippen molar-refractivity contribution < 1.29 is 9.59 Å². The van der Waals surface area contributed by atoms with Gasteiger partial charge in [0.25, 0.3) is 0 Å². The molecule has 1 aliphatic carbocycles. The zero-order valence-electron chi connectivity index (χ0n) is 14.1. The first-order chi connectivity index (χ1) is 11.9. The van der Waals surface area contributed by atoms with Gasteiger partial charge < -0.3 is 5.32 Å². The number of nitrogens with zero attached hydrogens (tertiary/aromatic N) is 1. The van der Waals surface area contributed by atoms with Gasteiger partial charge >= 0.3 is 0 Å². The van der Waals surface area contributed by atoms with Crippen molar-refractivity contribution in [1.29, 1.82) is 0 Å². The minimum atomic E-state index is -0.388. The van der Waals surface area contributed by atoms with Crippen LogP contribution in [0.15, 0.2) is 58.7 Å². The molecule has 1 aromatic heterocycles. The summed E-state index contributed by atoms with van der Waals surface area (Å²) in [5, 5.41) is 2.90. The summed E-state index contributed by atoms with van der Waals surface area (Å²) in [6.45, 7) is 3.79. The van der Waals surface area contributed by atoms with Crippen molar-refractivity contribution in [3.63, 3.8) is 0 Å². The first-order valence-corrected chi connectivity index (χ1v) is 8.93. The first-order valence-electron chi connectivity index (χ1n) is 8.14. The number of nitrogens with one attached hydrogen (secondary N) is 1. The van der Waals surface area contributed by atoms with Gasteiger partial charge in [0.2, 0.25) is 5.91 Å². The van der Waals surface area contributed by atoms with Crippen LogP contribution in [-0.4, -0.2) is 16.7 Å². The van der Waals surface area contributed by atoms with Gasteiger partial charge in [-0.2, -0.15) is 0 Å². The number of carbonyl (C=O) groups is 2. The Bertz CT molecular complexity index is 843. The minimum absolute atomic E-state index is 0.0585. The fourth-order valence-corrected chi connectivity index (χ4v) is 3.54. The molecule has 4 nitrogen and oxygen atoms in total. The van der Waals surface area contributed by atoms with Crippen molar-refractivity contribution in [2.45, 2.75) is 26.2 Å². The zero-order valence-corrected chi connectivity index (χ0v) is 15.7. The van der Waals surface area contributed by atoms with E-state index in [4.69, 9.17) is 0 Å². The highest BCUT2D eigenvalue weighted by Gasteiger charge is 2.35. The highest BCUT2D eigenvalue weighted by atomic mass is 79.9. The fraction of sp³-hybridized carbons (Fsp3) is 0.250. The van der Waals surface area contributed by atoms with Gasteiger partial charge in [-0.25, -0.2) is 4.98 Å². The van der Waals surface area contributed by atoms with Crippen molar-refractivity contribution in [2.24, 2.45) is 5.92 Å². The van der Waals surface area contributed by atoms with E-state index in [9.17, 15) is 9.59 Å². The summed E-state index contributed by atoms with van der Waals surface area (Å²) in [4.78, 5) is 29.2. The number of anilines is 1. The van der Waals surface area contributed by atoms with Crippen molar-refractivity contribution >= 4 is 33.4 Å². The fourth-order valence-electron chi connectivity index (χ4n) is 3.27. The largest absolute Gasteiger partial charge is 0.310 e. The maximum atomic E-state index is 12.9. The maximum absolute atomic E-state index is 12.9. The number of pyridine rings is 1. The van der Waals surface area contributed by atoms with E-state index >= 15 is 0 Å². The van der Waals surface area contributed by atoms with Crippen LogP contribution in [0.3, 0.4) is 0 Å². The molecule has 1 amide bonds. The predicted octanol–water partition coefficient (Wildman–Crippen LogP) is 4.41. The van der Waals surface area contributed by atoms with Crippen molar-refractivity contribution in [2.75, 3.05) is 5.32 Å². The maximum Gasteiger partial charge on any atom is 0.233 e. The highest BCUT2D eigenvalue weighted by Crippen LogP contribution is 2.38. The Balaban J connectivity index is 1.91. The molecule has 0 fully saturated rings. The van der Waals surface area contributed by atoms with Crippen LogP contribution in [0.25, 0.3) is 0 Å². The summed E-state index contributed by atoms with van der Waals surface area (Å²) >= 11 is 3.42. The number of allylic oxidation sites excluding steroid dienone is 1. The van der Waals surface area contributed by atoms with Crippen molar-refractivity contribution in [3.8, 4) is 0 Å². The van der Waals surface area contributed by atoms with Gasteiger partial charge in [0, 0.05) is 23.0 Å². The molecule has 5 heteroatoms. The van der Waals surface area contributed by atoms with Gasteiger partial charge in [0.15, 0.2) is 5.78 Å². The standard InChI is InChI=1S/C20H19BrN2O2/c1-12-7-8-22-18(9-12)23-20(25)19-13(2)10-16(24)11-17(19)14-3-5-15(21)6-4-14/h3-10,17,19H,11H2,1-2H3,(H,22,23,25).